The summed E-state index contributed by atoms with van der Waals surface area (Å²) >= 11 is 0. The average Bonchev–Trinajstić information content (AvgIpc) is 3.03. The molecule has 0 unspecified atom stereocenters. The van der Waals surface area contributed by atoms with Crippen molar-refractivity contribution in [1.29, 1.82) is 0 Å². The number of methoxy groups -OCH3 is 1. The minimum atomic E-state index is -0.246. The second-order valence-electron chi connectivity index (χ2n) is 6.84. The van der Waals surface area contributed by atoms with Crippen LogP contribution in [0.15, 0.2) is 47.6 Å². The lowest BCUT2D eigenvalue weighted by atomic mass is 10.1. The maximum atomic E-state index is 12.4. The summed E-state index contributed by atoms with van der Waals surface area (Å²) in [5.74, 6) is -0.430. The number of benzene rings is 2. The van der Waals surface area contributed by atoms with E-state index in [4.69, 9.17) is 4.74 Å². The monoisotopic (exact) mass is 394 g/mol. The van der Waals surface area contributed by atoms with Crippen molar-refractivity contribution in [3.05, 3.63) is 42.5 Å². The van der Waals surface area contributed by atoms with E-state index in [9.17, 15) is 9.59 Å². The number of aryl methyl sites for hydroxylation is 1. The van der Waals surface area contributed by atoms with Gasteiger partial charge in [0.2, 0.25) is 11.8 Å². The molecule has 0 aliphatic rings. The Morgan fingerprint density at radius 3 is 2.59 bits per heavy atom. The molecule has 0 saturated carbocycles. The number of fused-ring (bicyclic) bond motifs is 3. The second-order valence-corrected chi connectivity index (χ2v) is 6.84. The van der Waals surface area contributed by atoms with Crippen LogP contribution in [0.3, 0.4) is 0 Å². The van der Waals surface area contributed by atoms with Crippen molar-refractivity contribution in [2.45, 2.75) is 33.2 Å². The van der Waals surface area contributed by atoms with Crippen LogP contribution in [-0.2, 0) is 20.9 Å². The first-order valence-electron chi connectivity index (χ1n) is 9.65. The number of para-hydroxylation sites is 1. The van der Waals surface area contributed by atoms with Crippen LogP contribution in [0.5, 0.6) is 0 Å². The summed E-state index contributed by atoms with van der Waals surface area (Å²) in [6, 6.07) is 14.2. The first-order valence-corrected chi connectivity index (χ1v) is 9.65. The number of nitrogens with zero attached hydrogens (tertiary/aromatic N) is 2. The summed E-state index contributed by atoms with van der Waals surface area (Å²) in [6.45, 7) is 5.03. The minimum Gasteiger partial charge on any atom is -0.384 e. The molecule has 2 aromatic carbocycles. The SMILES string of the molecule is CCn1c2ccccc2c2cc(NC(=O)C/C(C)=N/NC(=O)CCOC)ccc21. The number of hydrogen-bond acceptors (Lipinski definition) is 4. The van der Waals surface area contributed by atoms with Crippen LogP contribution < -0.4 is 10.7 Å². The smallest absolute Gasteiger partial charge is 0.242 e. The molecule has 3 aromatic rings. The van der Waals surface area contributed by atoms with Gasteiger partial charge in [0, 0.05) is 46.9 Å². The van der Waals surface area contributed by atoms with E-state index in [-0.39, 0.29) is 24.7 Å². The lowest BCUT2D eigenvalue weighted by Crippen LogP contribution is -2.22. The molecule has 0 atom stereocenters. The van der Waals surface area contributed by atoms with Crippen LogP contribution in [0.2, 0.25) is 0 Å². The fourth-order valence-electron chi connectivity index (χ4n) is 3.36. The number of anilines is 1. The molecule has 0 aliphatic carbocycles. The molecule has 2 N–H and O–H groups in total. The lowest BCUT2D eigenvalue weighted by molar-refractivity contribution is -0.122. The highest BCUT2D eigenvalue weighted by atomic mass is 16.5. The van der Waals surface area contributed by atoms with Gasteiger partial charge in [-0.2, -0.15) is 5.10 Å². The number of ether oxygens (including phenoxy) is 1. The topological polar surface area (TPSA) is 84.7 Å². The van der Waals surface area contributed by atoms with E-state index >= 15 is 0 Å². The van der Waals surface area contributed by atoms with E-state index in [2.05, 4.69) is 39.5 Å². The lowest BCUT2D eigenvalue weighted by Gasteiger charge is -2.07. The number of amides is 2. The zero-order valence-corrected chi connectivity index (χ0v) is 17.0. The van der Waals surface area contributed by atoms with Crippen molar-refractivity contribution in [2.75, 3.05) is 19.0 Å². The normalized spacial score (nSPS) is 11.8. The van der Waals surface area contributed by atoms with Crippen LogP contribution in [0.4, 0.5) is 5.69 Å². The highest BCUT2D eigenvalue weighted by molar-refractivity contribution is 6.11. The van der Waals surface area contributed by atoms with Gasteiger partial charge in [0.15, 0.2) is 0 Å². The maximum absolute atomic E-state index is 12.4. The maximum Gasteiger partial charge on any atom is 0.242 e. The summed E-state index contributed by atoms with van der Waals surface area (Å²) in [5, 5.41) is 9.15. The molecule has 1 aromatic heterocycles. The van der Waals surface area contributed by atoms with Gasteiger partial charge in [-0.05, 0) is 38.1 Å². The standard InChI is InChI=1S/C22H26N4O3/c1-4-26-19-8-6-5-7-17(19)18-14-16(9-10-20(18)26)23-22(28)13-15(2)24-25-21(27)11-12-29-3/h5-10,14H,4,11-13H2,1-3H3,(H,23,28)(H,25,27)/b24-15+. The summed E-state index contributed by atoms with van der Waals surface area (Å²) in [4.78, 5) is 23.9. The minimum absolute atomic E-state index is 0.0965. The third kappa shape index (κ3) is 4.81. The van der Waals surface area contributed by atoms with E-state index in [0.29, 0.717) is 12.3 Å². The number of rotatable bonds is 8. The summed E-state index contributed by atoms with van der Waals surface area (Å²) in [5.41, 5.74) is 6.01. The van der Waals surface area contributed by atoms with Crippen molar-refractivity contribution in [2.24, 2.45) is 5.10 Å². The van der Waals surface area contributed by atoms with Crippen LogP contribution in [-0.4, -0.2) is 35.8 Å². The van der Waals surface area contributed by atoms with E-state index < -0.39 is 0 Å². The van der Waals surface area contributed by atoms with Crippen molar-refractivity contribution < 1.29 is 14.3 Å². The Balaban J connectivity index is 1.71. The Kier molecular flexibility index (Phi) is 6.61. The molecule has 2 amide bonds. The summed E-state index contributed by atoms with van der Waals surface area (Å²) < 4.78 is 7.10. The zero-order valence-electron chi connectivity index (χ0n) is 17.0. The molecule has 0 aliphatic heterocycles. The third-order valence-corrected chi connectivity index (χ3v) is 4.69. The van der Waals surface area contributed by atoms with E-state index in [0.717, 1.165) is 28.5 Å². The average molecular weight is 394 g/mol. The molecule has 29 heavy (non-hydrogen) atoms. The molecular weight excluding hydrogens is 368 g/mol. The van der Waals surface area contributed by atoms with Gasteiger partial charge >= 0.3 is 0 Å². The Morgan fingerprint density at radius 1 is 1.07 bits per heavy atom. The Morgan fingerprint density at radius 2 is 1.83 bits per heavy atom. The molecule has 7 nitrogen and oxygen atoms in total. The molecule has 0 spiro atoms. The van der Waals surface area contributed by atoms with Gasteiger partial charge in [0.1, 0.15) is 0 Å². The highest BCUT2D eigenvalue weighted by Gasteiger charge is 2.11. The number of carbonyl (C=O) groups is 2. The van der Waals surface area contributed by atoms with Gasteiger partial charge in [0.25, 0.3) is 0 Å². The summed E-state index contributed by atoms with van der Waals surface area (Å²) in [7, 11) is 1.53. The Hall–Kier alpha value is -3.19. The molecule has 0 radical (unpaired) electrons. The highest BCUT2D eigenvalue weighted by Crippen LogP contribution is 2.30. The molecule has 1 heterocycles. The first-order chi connectivity index (χ1) is 14.0. The molecule has 7 heteroatoms. The van der Waals surface area contributed by atoms with Crippen molar-refractivity contribution in [3.63, 3.8) is 0 Å². The van der Waals surface area contributed by atoms with Gasteiger partial charge < -0.3 is 14.6 Å². The van der Waals surface area contributed by atoms with Gasteiger partial charge in [-0.3, -0.25) is 9.59 Å². The molecule has 0 fully saturated rings. The van der Waals surface area contributed by atoms with Gasteiger partial charge in [-0.25, -0.2) is 5.43 Å². The van der Waals surface area contributed by atoms with Crippen molar-refractivity contribution in [1.82, 2.24) is 9.99 Å². The second kappa shape index (κ2) is 9.34. The third-order valence-electron chi connectivity index (χ3n) is 4.69. The van der Waals surface area contributed by atoms with Crippen molar-refractivity contribution >= 4 is 45.0 Å². The van der Waals surface area contributed by atoms with Gasteiger partial charge in [-0.1, -0.05) is 18.2 Å². The van der Waals surface area contributed by atoms with Crippen molar-refractivity contribution in [3.8, 4) is 0 Å². The predicted octanol–water partition coefficient (Wildman–Crippen LogP) is 3.67. The number of hydrogen-bond donors (Lipinski definition) is 2. The largest absolute Gasteiger partial charge is 0.384 e. The number of carbonyl (C=O) groups excluding carboxylic acids is 2. The quantitative estimate of drug-likeness (QED) is 0.452. The molecule has 0 bridgehead atoms. The van der Waals surface area contributed by atoms with Crippen LogP contribution in [0, 0.1) is 0 Å². The van der Waals surface area contributed by atoms with Crippen LogP contribution >= 0.6 is 0 Å². The Bertz CT molecular complexity index is 1070. The number of hydrazone groups is 1. The fourth-order valence-corrected chi connectivity index (χ4v) is 3.36. The van der Waals surface area contributed by atoms with E-state index in [1.807, 2.05) is 30.3 Å². The van der Waals surface area contributed by atoms with E-state index in [1.54, 1.807) is 6.92 Å². The molecule has 0 saturated heterocycles. The molecule has 3 rings (SSSR count). The number of nitrogens with one attached hydrogen (secondary N) is 2. The first kappa shape index (κ1) is 20.5. The predicted molar refractivity (Wildman–Crippen MR) is 116 cm³/mol. The van der Waals surface area contributed by atoms with Crippen LogP contribution in [0.25, 0.3) is 21.8 Å². The molecular formula is C22H26N4O3. The molecule has 152 valence electrons. The summed E-state index contributed by atoms with van der Waals surface area (Å²) in [6.07, 6.45) is 0.324. The number of aromatic nitrogens is 1. The zero-order chi connectivity index (χ0) is 20.8. The van der Waals surface area contributed by atoms with E-state index in [1.165, 1.54) is 12.6 Å². The fraction of sp³-hybridized carbons (Fsp3) is 0.318. The Labute approximate surface area is 169 Å². The van der Waals surface area contributed by atoms with Gasteiger partial charge in [-0.15, -0.1) is 0 Å². The van der Waals surface area contributed by atoms with Gasteiger partial charge in [0.05, 0.1) is 19.4 Å². The van der Waals surface area contributed by atoms with Crippen LogP contribution in [0.1, 0.15) is 26.7 Å².